The Bertz CT molecular complexity index is 883. The molecule has 0 aliphatic carbocycles. The number of hydrogen-bond donors (Lipinski definition) is 1. The molecule has 2 unspecified atom stereocenters. The lowest BCUT2D eigenvalue weighted by Crippen LogP contribution is -2.47. The maximum Gasteiger partial charge on any atom is 0.423 e. The Balaban J connectivity index is 1.73. The van der Waals surface area contributed by atoms with Gasteiger partial charge in [0.1, 0.15) is 5.58 Å². The monoisotopic (exact) mass is 404 g/mol. The summed E-state index contributed by atoms with van der Waals surface area (Å²) in [6.07, 6.45) is -7.82. The van der Waals surface area contributed by atoms with Gasteiger partial charge in [0.2, 0.25) is 11.9 Å². The molecule has 2 atom stereocenters. The van der Waals surface area contributed by atoms with Gasteiger partial charge in [0.25, 0.3) is 11.8 Å². The van der Waals surface area contributed by atoms with Crippen molar-refractivity contribution in [2.45, 2.75) is 24.7 Å². The average Bonchev–Trinajstić information content (AvgIpc) is 3.24. The van der Waals surface area contributed by atoms with Crippen molar-refractivity contribution >= 4 is 34.4 Å². The predicted octanol–water partition coefficient (Wildman–Crippen LogP) is 2.68. The zero-order chi connectivity index (χ0) is 19.9. The number of aliphatic hydroxyl groups excluding tert-OH is 1. The topological polar surface area (TPSA) is 74.0 Å². The number of furan rings is 1. The van der Waals surface area contributed by atoms with E-state index in [1.54, 1.807) is 24.3 Å². The normalized spacial score (nSPS) is 18.7. The first-order valence-corrected chi connectivity index (χ1v) is 8.46. The number of likely N-dealkylation sites (tertiary alicyclic amines) is 1. The van der Waals surface area contributed by atoms with Gasteiger partial charge in [-0.3, -0.25) is 9.59 Å². The molecular weight excluding hydrogens is 389 g/mol. The molecular formula is C17H16ClF3N2O4. The standard InChI is InChI=1S/C17H16ClF3N2O4/c1-22(9-6-7-23(8-9)16(26)14(24)17(19,20)21)15(25)13-12(18)10-4-2-3-5-11(10)27-13/h2-5,9,14,24H,6-8H2,1H3. The number of amides is 2. The first-order valence-electron chi connectivity index (χ1n) is 8.09. The number of alkyl halides is 3. The number of fused-ring (bicyclic) bond motifs is 1. The molecule has 1 aromatic heterocycles. The van der Waals surface area contributed by atoms with Crippen molar-refractivity contribution in [3.63, 3.8) is 0 Å². The van der Waals surface area contributed by atoms with E-state index in [0.717, 1.165) is 4.90 Å². The zero-order valence-corrected chi connectivity index (χ0v) is 14.9. The number of aliphatic hydroxyl groups is 1. The van der Waals surface area contributed by atoms with Gasteiger partial charge >= 0.3 is 6.18 Å². The van der Waals surface area contributed by atoms with Gasteiger partial charge in [-0.15, -0.1) is 0 Å². The van der Waals surface area contributed by atoms with Crippen LogP contribution >= 0.6 is 11.6 Å². The maximum atomic E-state index is 12.7. The second-order valence-electron chi connectivity index (χ2n) is 6.33. The maximum absolute atomic E-state index is 12.7. The van der Waals surface area contributed by atoms with Crippen LogP contribution in [-0.2, 0) is 4.79 Å². The van der Waals surface area contributed by atoms with Crippen LogP contribution in [0.4, 0.5) is 13.2 Å². The van der Waals surface area contributed by atoms with E-state index in [-0.39, 0.29) is 30.3 Å². The number of benzene rings is 1. The quantitative estimate of drug-likeness (QED) is 0.853. The van der Waals surface area contributed by atoms with Gasteiger partial charge in [-0.1, -0.05) is 23.7 Å². The number of rotatable bonds is 3. The van der Waals surface area contributed by atoms with E-state index in [0.29, 0.717) is 11.0 Å². The molecule has 1 saturated heterocycles. The Morgan fingerprint density at radius 2 is 2.04 bits per heavy atom. The summed E-state index contributed by atoms with van der Waals surface area (Å²) in [5.74, 6) is -2.03. The summed E-state index contributed by atoms with van der Waals surface area (Å²) in [5, 5.41) is 9.84. The van der Waals surface area contributed by atoms with Crippen LogP contribution in [0.3, 0.4) is 0 Å². The van der Waals surface area contributed by atoms with E-state index in [9.17, 15) is 22.8 Å². The molecule has 0 bridgehead atoms. The fourth-order valence-electron chi connectivity index (χ4n) is 3.05. The highest BCUT2D eigenvalue weighted by Crippen LogP contribution is 2.32. The summed E-state index contributed by atoms with van der Waals surface area (Å²) in [6, 6.07) is 6.31. The molecule has 0 spiro atoms. The van der Waals surface area contributed by atoms with E-state index in [2.05, 4.69) is 0 Å². The Labute approximate surface area is 157 Å². The van der Waals surface area contributed by atoms with E-state index in [1.165, 1.54) is 11.9 Å². The van der Waals surface area contributed by atoms with Crippen LogP contribution in [0.25, 0.3) is 11.0 Å². The summed E-state index contributed by atoms with van der Waals surface area (Å²) in [7, 11) is 1.46. The van der Waals surface area contributed by atoms with Gasteiger partial charge < -0.3 is 19.3 Å². The van der Waals surface area contributed by atoms with Crippen LogP contribution in [0.1, 0.15) is 17.0 Å². The Morgan fingerprint density at radius 3 is 2.67 bits per heavy atom. The highest BCUT2D eigenvalue weighted by atomic mass is 35.5. The van der Waals surface area contributed by atoms with Crippen molar-refractivity contribution in [3.05, 3.63) is 35.0 Å². The van der Waals surface area contributed by atoms with Crippen molar-refractivity contribution in [3.8, 4) is 0 Å². The molecule has 0 saturated carbocycles. The zero-order valence-electron chi connectivity index (χ0n) is 14.2. The lowest BCUT2D eigenvalue weighted by Gasteiger charge is -2.25. The van der Waals surface area contributed by atoms with E-state index in [1.807, 2.05) is 0 Å². The molecule has 1 aromatic carbocycles. The molecule has 1 fully saturated rings. The van der Waals surface area contributed by atoms with Crippen molar-refractivity contribution < 1.29 is 32.3 Å². The number of para-hydroxylation sites is 1. The third-order valence-electron chi connectivity index (χ3n) is 4.62. The molecule has 1 N–H and O–H groups in total. The van der Waals surface area contributed by atoms with Crippen molar-refractivity contribution in [2.75, 3.05) is 20.1 Å². The Hall–Kier alpha value is -2.26. The number of halogens is 4. The first-order chi connectivity index (χ1) is 12.6. The van der Waals surface area contributed by atoms with Crippen LogP contribution in [-0.4, -0.2) is 65.2 Å². The molecule has 2 amide bonds. The van der Waals surface area contributed by atoms with Gasteiger partial charge in [-0.05, 0) is 18.6 Å². The summed E-state index contributed by atoms with van der Waals surface area (Å²) in [5.41, 5.74) is 0.441. The summed E-state index contributed by atoms with van der Waals surface area (Å²) in [4.78, 5) is 26.7. The lowest BCUT2D eigenvalue weighted by atomic mass is 10.2. The molecule has 3 rings (SSSR count). The molecule has 146 valence electrons. The Morgan fingerprint density at radius 1 is 1.37 bits per heavy atom. The molecule has 2 aromatic rings. The van der Waals surface area contributed by atoms with Crippen molar-refractivity contribution in [1.29, 1.82) is 0 Å². The smallest absolute Gasteiger partial charge is 0.423 e. The minimum absolute atomic E-state index is 0.00211. The number of carbonyl (C=O) groups excluding carboxylic acids is 2. The molecule has 0 radical (unpaired) electrons. The van der Waals surface area contributed by atoms with Gasteiger partial charge in [0, 0.05) is 25.5 Å². The van der Waals surface area contributed by atoms with Crippen molar-refractivity contribution in [1.82, 2.24) is 9.80 Å². The average molecular weight is 405 g/mol. The van der Waals surface area contributed by atoms with Gasteiger partial charge in [0.15, 0.2) is 0 Å². The summed E-state index contributed by atoms with van der Waals surface area (Å²) < 4.78 is 43.1. The number of likely N-dealkylation sites (N-methyl/N-ethyl adjacent to an activating group) is 1. The number of nitrogens with zero attached hydrogens (tertiary/aromatic N) is 2. The second kappa shape index (κ2) is 7.05. The van der Waals surface area contributed by atoms with Crippen LogP contribution < -0.4 is 0 Å². The number of carbonyl (C=O) groups is 2. The van der Waals surface area contributed by atoms with Crippen LogP contribution in [0, 0.1) is 0 Å². The van der Waals surface area contributed by atoms with Crippen LogP contribution in [0.2, 0.25) is 5.02 Å². The largest absolute Gasteiger partial charge is 0.449 e. The molecule has 1 aliphatic rings. The predicted molar refractivity (Wildman–Crippen MR) is 90.4 cm³/mol. The van der Waals surface area contributed by atoms with E-state index in [4.69, 9.17) is 21.1 Å². The Kier molecular flexibility index (Phi) is 5.09. The third kappa shape index (κ3) is 3.61. The number of hydrogen-bond acceptors (Lipinski definition) is 4. The molecule has 1 aliphatic heterocycles. The molecule has 27 heavy (non-hydrogen) atoms. The third-order valence-corrected chi connectivity index (χ3v) is 4.99. The van der Waals surface area contributed by atoms with Crippen molar-refractivity contribution in [2.24, 2.45) is 0 Å². The summed E-state index contributed by atoms with van der Waals surface area (Å²) in [6.45, 7) is -0.117. The molecule has 10 heteroatoms. The highest BCUT2D eigenvalue weighted by Gasteiger charge is 2.47. The SMILES string of the molecule is CN(C(=O)c1oc2ccccc2c1Cl)C1CCN(C(=O)C(O)C(F)(F)F)C1. The second-order valence-corrected chi connectivity index (χ2v) is 6.71. The van der Waals surface area contributed by atoms with Crippen LogP contribution in [0.5, 0.6) is 0 Å². The van der Waals surface area contributed by atoms with E-state index < -0.39 is 30.1 Å². The van der Waals surface area contributed by atoms with Gasteiger partial charge in [-0.2, -0.15) is 13.2 Å². The summed E-state index contributed by atoms with van der Waals surface area (Å²) >= 11 is 6.21. The minimum Gasteiger partial charge on any atom is -0.449 e. The first kappa shape index (κ1) is 19.5. The van der Waals surface area contributed by atoms with Gasteiger partial charge in [-0.25, -0.2) is 0 Å². The lowest BCUT2D eigenvalue weighted by molar-refractivity contribution is -0.210. The van der Waals surface area contributed by atoms with E-state index >= 15 is 0 Å². The molecule has 6 nitrogen and oxygen atoms in total. The van der Waals surface area contributed by atoms with Crippen LogP contribution in [0.15, 0.2) is 28.7 Å². The fourth-order valence-corrected chi connectivity index (χ4v) is 3.32. The highest BCUT2D eigenvalue weighted by molar-refractivity contribution is 6.38. The molecule has 2 heterocycles. The fraction of sp³-hybridized carbons (Fsp3) is 0.412. The minimum atomic E-state index is -5.03. The van der Waals surface area contributed by atoms with Gasteiger partial charge in [0.05, 0.1) is 11.1 Å².